The second-order valence-electron chi connectivity index (χ2n) is 8.89. The van der Waals surface area contributed by atoms with Crippen LogP contribution in [0.15, 0.2) is 0 Å². The molecule has 0 aliphatic carbocycles. The molecule has 0 aromatic rings. The molecule has 1 N–H and O–H groups in total. The Labute approximate surface area is 159 Å². The summed E-state index contributed by atoms with van der Waals surface area (Å²) in [4.78, 5) is 0. The van der Waals surface area contributed by atoms with Crippen LogP contribution < -0.4 is 4.72 Å². The number of rotatable bonds is 13. The summed E-state index contributed by atoms with van der Waals surface area (Å²) in [7, 11) is -0.949. The molecule has 24 heavy (non-hydrogen) atoms. The van der Waals surface area contributed by atoms with Crippen LogP contribution in [0.2, 0.25) is 13.3 Å². The quantitative estimate of drug-likeness (QED) is 0.311. The van der Waals surface area contributed by atoms with Gasteiger partial charge < -0.3 is 0 Å². The molecule has 2 nitrogen and oxygen atoms in total. The summed E-state index contributed by atoms with van der Waals surface area (Å²) >= 11 is -2.41. The molecule has 0 saturated carbocycles. The van der Waals surface area contributed by atoms with Crippen LogP contribution in [-0.2, 0) is 11.0 Å². The van der Waals surface area contributed by atoms with Gasteiger partial charge in [0.05, 0.1) is 0 Å². The molecule has 4 heteroatoms. The van der Waals surface area contributed by atoms with Crippen molar-refractivity contribution in [2.24, 2.45) is 5.92 Å². The van der Waals surface area contributed by atoms with E-state index in [1.165, 1.54) is 51.8 Å². The SMILES string of the molecule is CCC[CH2][Sn]([CH2]CCC)([CH2]CCC)[C@@H](N[S@@](=O)C(C)(C)C)C(C)C. The molecule has 0 bridgehead atoms. The first-order valence-electron chi connectivity index (χ1n) is 10.3. The summed E-state index contributed by atoms with van der Waals surface area (Å²) in [6.07, 6.45) is 8.00. The van der Waals surface area contributed by atoms with E-state index in [-0.39, 0.29) is 4.75 Å². The summed E-state index contributed by atoms with van der Waals surface area (Å²) < 4.78 is 21.4. The van der Waals surface area contributed by atoms with Crippen molar-refractivity contribution < 1.29 is 4.21 Å². The normalized spacial score (nSPS) is 15.7. The Kier molecular flexibility index (Phi) is 12.8. The molecule has 0 spiro atoms. The molecule has 0 amide bonds. The fraction of sp³-hybridized carbons (Fsp3) is 1.00. The molecule has 0 heterocycles. The van der Waals surface area contributed by atoms with Gasteiger partial charge in [-0.3, -0.25) is 0 Å². The molecule has 0 radical (unpaired) electrons. The van der Waals surface area contributed by atoms with E-state index in [1.807, 2.05) is 0 Å². The van der Waals surface area contributed by atoms with E-state index in [0.29, 0.717) is 9.98 Å². The average Bonchev–Trinajstić information content (AvgIpc) is 2.51. The van der Waals surface area contributed by atoms with Gasteiger partial charge in [-0.05, 0) is 0 Å². The van der Waals surface area contributed by atoms with Crippen LogP contribution in [0.25, 0.3) is 0 Å². The van der Waals surface area contributed by atoms with E-state index in [0.717, 1.165) is 0 Å². The van der Waals surface area contributed by atoms with E-state index in [2.05, 4.69) is 60.1 Å². The third-order valence-electron chi connectivity index (χ3n) is 5.20. The van der Waals surface area contributed by atoms with Crippen molar-refractivity contribution in [1.29, 1.82) is 0 Å². The second kappa shape index (κ2) is 12.3. The summed E-state index contributed by atoms with van der Waals surface area (Å²) in [6, 6.07) is 0. The van der Waals surface area contributed by atoms with Gasteiger partial charge >= 0.3 is 160 Å². The van der Waals surface area contributed by atoms with E-state index in [1.54, 1.807) is 0 Å². The van der Waals surface area contributed by atoms with E-state index in [9.17, 15) is 4.21 Å². The molecule has 0 aliphatic rings. The van der Waals surface area contributed by atoms with Gasteiger partial charge in [-0.2, -0.15) is 0 Å². The van der Waals surface area contributed by atoms with Crippen molar-refractivity contribution in [1.82, 2.24) is 4.72 Å². The fourth-order valence-electron chi connectivity index (χ4n) is 3.69. The molecule has 146 valence electrons. The number of nitrogens with one attached hydrogen (secondary N) is 1. The second-order valence-corrected chi connectivity index (χ2v) is 24.7. The Morgan fingerprint density at radius 2 is 1.25 bits per heavy atom. The van der Waals surface area contributed by atoms with Crippen molar-refractivity contribution in [3.05, 3.63) is 0 Å². The first-order chi connectivity index (χ1) is 11.1. The molecule has 2 atom stereocenters. The zero-order valence-corrected chi connectivity index (χ0v) is 21.5. The predicted octanol–water partition coefficient (Wildman–Crippen LogP) is 6.45. The fourth-order valence-corrected chi connectivity index (χ4v) is 25.7. The van der Waals surface area contributed by atoms with Crippen LogP contribution in [0.4, 0.5) is 0 Å². The van der Waals surface area contributed by atoms with E-state index >= 15 is 0 Å². The Balaban J connectivity index is 5.61. The van der Waals surface area contributed by atoms with E-state index in [4.69, 9.17) is 0 Å². The summed E-state index contributed by atoms with van der Waals surface area (Å²) in [5, 5.41) is 0. The van der Waals surface area contributed by atoms with Gasteiger partial charge in [-0.15, -0.1) is 0 Å². The Morgan fingerprint density at radius 1 is 0.875 bits per heavy atom. The first kappa shape index (κ1) is 24.9. The maximum atomic E-state index is 12.9. The third-order valence-corrected chi connectivity index (χ3v) is 25.0. The van der Waals surface area contributed by atoms with Crippen LogP contribution >= 0.6 is 0 Å². The van der Waals surface area contributed by atoms with Crippen LogP contribution in [-0.4, -0.2) is 31.4 Å². The van der Waals surface area contributed by atoms with Crippen LogP contribution in [0.1, 0.15) is 93.9 Å². The Hall–Kier alpha value is 0.909. The van der Waals surface area contributed by atoms with Crippen molar-refractivity contribution in [3.8, 4) is 0 Å². The number of hydrogen-bond acceptors (Lipinski definition) is 1. The van der Waals surface area contributed by atoms with Gasteiger partial charge in [-0.1, -0.05) is 0 Å². The van der Waals surface area contributed by atoms with Crippen molar-refractivity contribution >= 4 is 29.4 Å². The summed E-state index contributed by atoms with van der Waals surface area (Å²) in [5.41, 5.74) is 0. The standard InChI is InChI=1S/C8H18NOS.3C4H9.Sn/c1-7(2)6-9-11(10)8(3,4)5;3*1-3-4-2;/h6-7,9H,1-5H3;3*1,3-4H2,2H3;/t11-;;;;/m0..../s1. The van der Waals surface area contributed by atoms with Crippen LogP contribution in [0.5, 0.6) is 0 Å². The average molecular weight is 466 g/mol. The van der Waals surface area contributed by atoms with Gasteiger partial charge in [0.2, 0.25) is 0 Å². The first-order valence-corrected chi connectivity index (χ1v) is 19.2. The zero-order chi connectivity index (χ0) is 18.8. The zero-order valence-electron chi connectivity index (χ0n) is 17.8. The van der Waals surface area contributed by atoms with Crippen LogP contribution in [0, 0.1) is 5.92 Å². The van der Waals surface area contributed by atoms with Crippen LogP contribution in [0.3, 0.4) is 0 Å². The molecule has 0 unspecified atom stereocenters. The molecule has 0 aromatic carbocycles. The predicted molar refractivity (Wildman–Crippen MR) is 115 cm³/mol. The maximum absolute atomic E-state index is 12.9. The van der Waals surface area contributed by atoms with Gasteiger partial charge in [0, 0.05) is 0 Å². The monoisotopic (exact) mass is 467 g/mol. The molecule has 0 aromatic heterocycles. The number of hydrogen-bond donors (Lipinski definition) is 1. The molecule has 0 fully saturated rings. The molecular weight excluding hydrogens is 421 g/mol. The summed E-state index contributed by atoms with van der Waals surface area (Å²) in [6.45, 7) is 17.9. The Morgan fingerprint density at radius 3 is 1.50 bits per heavy atom. The van der Waals surface area contributed by atoms with E-state index < -0.39 is 29.4 Å². The van der Waals surface area contributed by atoms with Gasteiger partial charge in [0.25, 0.3) is 0 Å². The summed E-state index contributed by atoms with van der Waals surface area (Å²) in [5.74, 6) is 0.595. The van der Waals surface area contributed by atoms with Gasteiger partial charge in [0.15, 0.2) is 0 Å². The van der Waals surface area contributed by atoms with Crippen molar-refractivity contribution in [2.45, 2.75) is 116 Å². The van der Waals surface area contributed by atoms with Gasteiger partial charge in [-0.25, -0.2) is 0 Å². The Bertz CT molecular complexity index is 330. The minimum atomic E-state index is -2.41. The third kappa shape index (κ3) is 8.53. The molecule has 0 rings (SSSR count). The van der Waals surface area contributed by atoms with Crippen molar-refractivity contribution in [2.75, 3.05) is 0 Å². The number of unbranched alkanes of at least 4 members (excludes halogenated alkanes) is 3. The minimum absolute atomic E-state index is 0.176. The molecule has 0 saturated heterocycles. The van der Waals surface area contributed by atoms with Crippen molar-refractivity contribution in [3.63, 3.8) is 0 Å². The molecular formula is C20H45NOSSn. The van der Waals surface area contributed by atoms with Gasteiger partial charge in [0.1, 0.15) is 0 Å². The topological polar surface area (TPSA) is 29.1 Å². The molecule has 0 aliphatic heterocycles.